The van der Waals surface area contributed by atoms with Gasteiger partial charge in [0.15, 0.2) is 0 Å². The van der Waals surface area contributed by atoms with Crippen molar-refractivity contribution < 1.29 is 18.8 Å². The fraction of sp³-hybridized carbons (Fsp3) is 0.471. The van der Waals surface area contributed by atoms with Crippen LogP contribution in [0.1, 0.15) is 25.8 Å². The van der Waals surface area contributed by atoms with Crippen molar-refractivity contribution in [2.24, 2.45) is 0 Å². The summed E-state index contributed by atoms with van der Waals surface area (Å²) in [6.07, 6.45) is -0.187. The first-order valence-corrected chi connectivity index (χ1v) is 8.22. The van der Waals surface area contributed by atoms with Gasteiger partial charge in [-0.15, -0.1) is 0 Å². The first-order chi connectivity index (χ1) is 12.1. The standard InChI is InChI=1S/C17H22N4O4/c1-10(19-16(22)14-11(2)24-9-8-18-14)17-20-15(21-25-17)12-6-4-5-7-13(12)23-3/h4-7,10-11,14,18H,8-9H2,1-3H3,(H,19,22)/t10?,11-,14+/m1/s1. The smallest absolute Gasteiger partial charge is 0.249 e. The zero-order valence-electron chi connectivity index (χ0n) is 14.5. The van der Waals surface area contributed by atoms with Gasteiger partial charge in [0.25, 0.3) is 0 Å². The van der Waals surface area contributed by atoms with Gasteiger partial charge in [-0.2, -0.15) is 4.98 Å². The fourth-order valence-electron chi connectivity index (χ4n) is 2.74. The normalized spacial score (nSPS) is 21.6. The molecule has 1 saturated heterocycles. The number of hydrogen-bond acceptors (Lipinski definition) is 7. The predicted molar refractivity (Wildman–Crippen MR) is 90.0 cm³/mol. The quantitative estimate of drug-likeness (QED) is 0.842. The van der Waals surface area contributed by atoms with Gasteiger partial charge >= 0.3 is 0 Å². The van der Waals surface area contributed by atoms with Gasteiger partial charge in [-0.05, 0) is 26.0 Å². The molecule has 3 rings (SSSR count). The van der Waals surface area contributed by atoms with Crippen LogP contribution in [-0.4, -0.2) is 48.5 Å². The van der Waals surface area contributed by atoms with Gasteiger partial charge in [0.05, 0.1) is 25.4 Å². The molecular formula is C17H22N4O4. The Morgan fingerprint density at radius 2 is 2.24 bits per heavy atom. The van der Waals surface area contributed by atoms with Crippen molar-refractivity contribution in [2.75, 3.05) is 20.3 Å². The molecular weight excluding hydrogens is 324 g/mol. The molecule has 1 aliphatic rings. The van der Waals surface area contributed by atoms with Gasteiger partial charge in [-0.3, -0.25) is 4.79 Å². The number of aromatic nitrogens is 2. The summed E-state index contributed by atoms with van der Waals surface area (Å²) < 4.78 is 16.1. The van der Waals surface area contributed by atoms with Gasteiger partial charge < -0.3 is 24.6 Å². The van der Waals surface area contributed by atoms with E-state index in [0.29, 0.717) is 30.6 Å². The molecule has 25 heavy (non-hydrogen) atoms. The maximum absolute atomic E-state index is 12.4. The van der Waals surface area contributed by atoms with E-state index in [4.69, 9.17) is 14.0 Å². The minimum absolute atomic E-state index is 0.156. The first-order valence-electron chi connectivity index (χ1n) is 8.22. The second kappa shape index (κ2) is 7.62. The fourth-order valence-corrected chi connectivity index (χ4v) is 2.74. The van der Waals surface area contributed by atoms with Gasteiger partial charge in [-0.25, -0.2) is 0 Å². The second-order valence-electron chi connectivity index (χ2n) is 5.89. The van der Waals surface area contributed by atoms with Gasteiger partial charge in [0.1, 0.15) is 17.8 Å². The molecule has 134 valence electrons. The number of rotatable bonds is 5. The maximum Gasteiger partial charge on any atom is 0.249 e. The third-order valence-electron chi connectivity index (χ3n) is 4.12. The van der Waals surface area contributed by atoms with Crippen LogP contribution in [0.15, 0.2) is 28.8 Å². The van der Waals surface area contributed by atoms with Gasteiger partial charge in [0.2, 0.25) is 17.6 Å². The van der Waals surface area contributed by atoms with Crippen molar-refractivity contribution in [1.29, 1.82) is 0 Å². The Balaban J connectivity index is 1.70. The van der Waals surface area contributed by atoms with Crippen molar-refractivity contribution in [2.45, 2.75) is 32.0 Å². The minimum atomic E-state index is -0.417. The zero-order chi connectivity index (χ0) is 17.8. The third kappa shape index (κ3) is 3.80. The summed E-state index contributed by atoms with van der Waals surface area (Å²) in [5.41, 5.74) is 0.731. The molecule has 1 fully saturated rings. The predicted octanol–water partition coefficient (Wildman–Crippen LogP) is 1.30. The first kappa shape index (κ1) is 17.4. The molecule has 3 atom stereocenters. The lowest BCUT2D eigenvalue weighted by molar-refractivity contribution is -0.129. The summed E-state index contributed by atoms with van der Waals surface area (Å²) in [6, 6.07) is 6.60. The summed E-state index contributed by atoms with van der Waals surface area (Å²) in [5, 5.41) is 10.0. The monoisotopic (exact) mass is 346 g/mol. The van der Waals surface area contributed by atoms with Crippen molar-refractivity contribution in [3.63, 3.8) is 0 Å². The Labute approximate surface area is 145 Å². The number of methoxy groups -OCH3 is 1. The number of hydrogen-bond donors (Lipinski definition) is 2. The number of morpholine rings is 1. The van der Waals surface area contributed by atoms with Crippen LogP contribution in [0.25, 0.3) is 11.4 Å². The van der Waals surface area contributed by atoms with E-state index in [1.54, 1.807) is 14.0 Å². The van der Waals surface area contributed by atoms with E-state index in [-0.39, 0.29) is 12.0 Å². The van der Waals surface area contributed by atoms with Crippen LogP contribution in [-0.2, 0) is 9.53 Å². The van der Waals surface area contributed by atoms with Gasteiger partial charge in [-0.1, -0.05) is 17.3 Å². The third-order valence-corrected chi connectivity index (χ3v) is 4.12. The molecule has 2 heterocycles. The Hall–Kier alpha value is -2.45. The van der Waals surface area contributed by atoms with E-state index in [2.05, 4.69) is 20.8 Å². The van der Waals surface area contributed by atoms with E-state index in [1.165, 1.54) is 0 Å². The van der Waals surface area contributed by atoms with Crippen LogP contribution in [0.4, 0.5) is 0 Å². The molecule has 0 spiro atoms. The van der Waals surface area contributed by atoms with Crippen molar-refractivity contribution >= 4 is 5.91 Å². The molecule has 0 saturated carbocycles. The van der Waals surface area contributed by atoms with Crippen molar-refractivity contribution in [1.82, 2.24) is 20.8 Å². The number of nitrogens with zero attached hydrogens (tertiary/aromatic N) is 2. The number of carbonyl (C=O) groups is 1. The summed E-state index contributed by atoms with van der Waals surface area (Å²) in [6.45, 7) is 4.92. The average Bonchev–Trinajstić information content (AvgIpc) is 3.12. The largest absolute Gasteiger partial charge is 0.496 e. The van der Waals surface area contributed by atoms with Crippen LogP contribution < -0.4 is 15.4 Å². The highest BCUT2D eigenvalue weighted by Gasteiger charge is 2.30. The zero-order valence-corrected chi connectivity index (χ0v) is 14.5. The Bertz CT molecular complexity index is 733. The van der Waals surface area contributed by atoms with E-state index in [9.17, 15) is 4.79 Å². The Morgan fingerprint density at radius 1 is 1.44 bits per heavy atom. The highest BCUT2D eigenvalue weighted by atomic mass is 16.5. The molecule has 1 amide bonds. The minimum Gasteiger partial charge on any atom is -0.496 e. The van der Waals surface area contributed by atoms with Crippen molar-refractivity contribution in [3.8, 4) is 17.1 Å². The maximum atomic E-state index is 12.4. The highest BCUT2D eigenvalue weighted by molar-refractivity contribution is 5.82. The van der Waals surface area contributed by atoms with Crippen LogP contribution in [0.3, 0.4) is 0 Å². The summed E-state index contributed by atoms with van der Waals surface area (Å²) >= 11 is 0. The lowest BCUT2D eigenvalue weighted by atomic mass is 10.1. The van der Waals surface area contributed by atoms with Crippen LogP contribution >= 0.6 is 0 Å². The molecule has 2 N–H and O–H groups in total. The summed E-state index contributed by atoms with van der Waals surface area (Å²) in [4.78, 5) is 16.8. The molecule has 8 heteroatoms. The lowest BCUT2D eigenvalue weighted by Crippen LogP contribution is -2.55. The topological polar surface area (TPSA) is 98.5 Å². The van der Waals surface area contributed by atoms with Crippen LogP contribution in [0, 0.1) is 0 Å². The van der Waals surface area contributed by atoms with E-state index in [0.717, 1.165) is 5.56 Å². The number of nitrogens with one attached hydrogen (secondary N) is 2. The number of benzene rings is 1. The molecule has 1 aliphatic heterocycles. The second-order valence-corrected chi connectivity index (χ2v) is 5.89. The number of para-hydroxylation sites is 1. The molecule has 1 unspecified atom stereocenters. The Kier molecular flexibility index (Phi) is 5.30. The summed E-state index contributed by atoms with van der Waals surface area (Å²) in [7, 11) is 1.59. The Morgan fingerprint density at radius 3 is 3.00 bits per heavy atom. The summed E-state index contributed by atoms with van der Waals surface area (Å²) in [5.74, 6) is 1.25. The van der Waals surface area contributed by atoms with E-state index in [1.807, 2.05) is 31.2 Å². The molecule has 8 nitrogen and oxygen atoms in total. The number of carbonyl (C=O) groups excluding carboxylic acids is 1. The van der Waals surface area contributed by atoms with Gasteiger partial charge in [0, 0.05) is 6.54 Å². The van der Waals surface area contributed by atoms with Crippen molar-refractivity contribution in [3.05, 3.63) is 30.2 Å². The molecule has 1 aromatic carbocycles. The number of amides is 1. The van der Waals surface area contributed by atoms with Crippen LogP contribution in [0.2, 0.25) is 0 Å². The molecule has 1 aromatic heterocycles. The lowest BCUT2D eigenvalue weighted by Gasteiger charge is -2.29. The molecule has 2 aromatic rings. The highest BCUT2D eigenvalue weighted by Crippen LogP contribution is 2.28. The molecule has 0 aliphatic carbocycles. The van der Waals surface area contributed by atoms with E-state index >= 15 is 0 Å². The number of ether oxygens (including phenoxy) is 2. The van der Waals surface area contributed by atoms with Crippen LogP contribution in [0.5, 0.6) is 5.75 Å². The SMILES string of the molecule is COc1ccccc1-c1noc(C(C)NC(=O)[C@H]2NCCO[C@@H]2C)n1. The molecule has 0 radical (unpaired) electrons. The average molecular weight is 346 g/mol. The van der Waals surface area contributed by atoms with E-state index < -0.39 is 12.1 Å². The molecule has 0 bridgehead atoms.